The maximum Gasteiger partial charge on any atom is 0.349 e. The summed E-state index contributed by atoms with van der Waals surface area (Å²) in [4.78, 5) is 40.5. The first-order valence-corrected chi connectivity index (χ1v) is 11.5. The molecular weight excluding hydrogens is 474 g/mol. The van der Waals surface area contributed by atoms with E-state index in [9.17, 15) is 23.2 Å². The van der Waals surface area contributed by atoms with Gasteiger partial charge in [-0.15, -0.1) is 11.3 Å². The molecule has 3 aromatic rings. The fraction of sp³-hybridized carbons (Fsp3) is 0.364. The number of aromatic amines is 1. The minimum Gasteiger partial charge on any atom is -0.351 e. The Balaban J connectivity index is 1.59. The van der Waals surface area contributed by atoms with Crippen molar-refractivity contribution in [3.8, 4) is 5.69 Å². The summed E-state index contributed by atoms with van der Waals surface area (Å²) in [7, 11) is 0. The van der Waals surface area contributed by atoms with Crippen LogP contribution in [0, 0.1) is 6.92 Å². The van der Waals surface area contributed by atoms with E-state index in [2.05, 4.69) is 15.4 Å². The van der Waals surface area contributed by atoms with E-state index in [0.29, 0.717) is 0 Å². The van der Waals surface area contributed by atoms with Gasteiger partial charge in [-0.05, 0) is 50.1 Å². The van der Waals surface area contributed by atoms with Crippen molar-refractivity contribution in [2.24, 2.45) is 0 Å². The van der Waals surface area contributed by atoms with E-state index < -0.39 is 28.5 Å². The molecule has 0 bridgehead atoms. The van der Waals surface area contributed by atoms with Crippen molar-refractivity contribution in [3.63, 3.8) is 0 Å². The molecule has 0 spiro atoms. The quantitative estimate of drug-likeness (QED) is 0.563. The van der Waals surface area contributed by atoms with Gasteiger partial charge in [0.1, 0.15) is 6.20 Å². The number of rotatable bonds is 5. The molecule has 0 radical (unpaired) electrons. The lowest BCUT2D eigenvalue weighted by atomic mass is 9.71. The minimum atomic E-state index is -2.70. The van der Waals surface area contributed by atoms with Crippen molar-refractivity contribution in [2.75, 3.05) is 6.54 Å². The molecule has 0 aliphatic heterocycles. The number of H-pyrrole nitrogens is 1. The van der Waals surface area contributed by atoms with Crippen LogP contribution < -0.4 is 16.6 Å². The lowest BCUT2D eigenvalue weighted by molar-refractivity contribution is -0.0511. The third-order valence-corrected chi connectivity index (χ3v) is 7.52. The molecule has 1 amide bonds. The van der Waals surface area contributed by atoms with Gasteiger partial charge >= 0.3 is 5.69 Å². The summed E-state index contributed by atoms with van der Waals surface area (Å²) < 4.78 is 28.7. The van der Waals surface area contributed by atoms with Gasteiger partial charge in [-0.2, -0.15) is 9.78 Å². The van der Waals surface area contributed by atoms with E-state index in [4.69, 9.17) is 11.6 Å². The number of halogens is 3. The van der Waals surface area contributed by atoms with Crippen LogP contribution in [0.15, 0.2) is 46.1 Å². The molecule has 1 aliphatic carbocycles. The van der Waals surface area contributed by atoms with Crippen LogP contribution in [0.25, 0.3) is 5.69 Å². The maximum absolute atomic E-state index is 13.9. The van der Waals surface area contributed by atoms with Gasteiger partial charge in [-0.1, -0.05) is 11.6 Å². The second-order valence-corrected chi connectivity index (χ2v) is 9.94. The maximum atomic E-state index is 13.9. The number of alkyl halides is 2. The highest BCUT2D eigenvalue weighted by Gasteiger charge is 2.45. The number of aromatic nitrogens is 3. The Kier molecular flexibility index (Phi) is 6.24. The Labute approximate surface area is 196 Å². The van der Waals surface area contributed by atoms with Crippen LogP contribution in [0.3, 0.4) is 0 Å². The first-order valence-electron chi connectivity index (χ1n) is 10.3. The molecule has 1 aromatic carbocycles. The van der Waals surface area contributed by atoms with Crippen LogP contribution in [-0.2, 0) is 5.41 Å². The fourth-order valence-corrected chi connectivity index (χ4v) is 5.34. The van der Waals surface area contributed by atoms with Crippen molar-refractivity contribution < 1.29 is 13.6 Å². The van der Waals surface area contributed by atoms with Gasteiger partial charge in [-0.3, -0.25) is 14.6 Å². The SMILES string of the molecule is Cc1ccc(C2(CNC(=O)c3cc(-n4ncc(=O)[nH]c4=O)ccc3Cl)CCC(F)(F)CC2)s1. The summed E-state index contributed by atoms with van der Waals surface area (Å²) >= 11 is 7.78. The van der Waals surface area contributed by atoms with Crippen molar-refractivity contribution in [3.05, 3.63) is 77.7 Å². The average Bonchev–Trinajstić information content (AvgIpc) is 3.21. The molecule has 11 heteroatoms. The number of thiophene rings is 1. The van der Waals surface area contributed by atoms with E-state index in [1.165, 1.54) is 18.2 Å². The number of aryl methyl sites for hydroxylation is 1. The van der Waals surface area contributed by atoms with E-state index in [1.807, 2.05) is 19.1 Å². The zero-order valence-corrected chi connectivity index (χ0v) is 19.2. The third-order valence-electron chi connectivity index (χ3n) is 5.94. The topological polar surface area (TPSA) is 96.8 Å². The largest absolute Gasteiger partial charge is 0.351 e. The van der Waals surface area contributed by atoms with E-state index >= 15 is 0 Å². The van der Waals surface area contributed by atoms with Crippen LogP contribution in [0.1, 0.15) is 45.8 Å². The van der Waals surface area contributed by atoms with Gasteiger partial charge < -0.3 is 5.32 Å². The number of nitrogens with one attached hydrogen (secondary N) is 2. The summed E-state index contributed by atoms with van der Waals surface area (Å²) in [6.45, 7) is 2.13. The van der Waals surface area contributed by atoms with Crippen LogP contribution >= 0.6 is 22.9 Å². The molecule has 1 saturated carbocycles. The molecule has 7 nitrogen and oxygen atoms in total. The summed E-state index contributed by atoms with van der Waals surface area (Å²) in [5.41, 5.74) is -1.64. The number of hydrogen-bond donors (Lipinski definition) is 2. The van der Waals surface area contributed by atoms with Crippen molar-refractivity contribution in [1.82, 2.24) is 20.1 Å². The molecule has 0 unspecified atom stereocenters. The summed E-state index contributed by atoms with van der Waals surface area (Å²) in [6.07, 6.45) is 0.977. The predicted octanol–water partition coefficient (Wildman–Crippen LogP) is 3.82. The standard InChI is InChI=1S/C22H21ClF2N4O3S/c1-13-2-5-17(33-13)21(6-8-22(24,25)9-7-21)12-26-19(31)15-10-14(3-4-16(15)23)29-20(32)28-18(30)11-27-29/h2-5,10-11H,6-9,12H2,1H3,(H,26,31)(H,28,30,32). The van der Waals surface area contributed by atoms with Crippen LogP contribution in [0.4, 0.5) is 8.78 Å². The Hall–Kier alpha value is -2.85. The first-order chi connectivity index (χ1) is 15.6. The van der Waals surface area contributed by atoms with Gasteiger partial charge in [0.2, 0.25) is 5.92 Å². The lowest BCUT2D eigenvalue weighted by Gasteiger charge is -2.39. The lowest BCUT2D eigenvalue weighted by Crippen LogP contribution is -2.45. The number of amides is 1. The van der Waals surface area contributed by atoms with Crippen molar-refractivity contribution in [1.29, 1.82) is 0 Å². The highest BCUT2D eigenvalue weighted by molar-refractivity contribution is 7.12. The molecule has 174 valence electrons. The summed E-state index contributed by atoms with van der Waals surface area (Å²) in [5, 5.41) is 6.80. The van der Waals surface area contributed by atoms with Crippen LogP contribution in [-0.4, -0.2) is 33.1 Å². The highest BCUT2D eigenvalue weighted by atomic mass is 35.5. The zero-order chi connectivity index (χ0) is 23.8. The molecule has 2 aromatic heterocycles. The van der Waals surface area contributed by atoms with Crippen LogP contribution in [0.2, 0.25) is 5.02 Å². The van der Waals surface area contributed by atoms with Gasteiger partial charge in [-0.25, -0.2) is 13.6 Å². The normalized spacial score (nSPS) is 17.0. The Morgan fingerprint density at radius 3 is 2.58 bits per heavy atom. The smallest absolute Gasteiger partial charge is 0.349 e. The molecule has 1 aliphatic rings. The first kappa shape index (κ1) is 23.3. The van der Waals surface area contributed by atoms with Gasteiger partial charge in [0.15, 0.2) is 0 Å². The number of benzene rings is 1. The molecule has 1 fully saturated rings. The number of carbonyl (C=O) groups excluding carboxylic acids is 1. The Bertz CT molecular complexity index is 1310. The van der Waals surface area contributed by atoms with Gasteiger partial charge in [0, 0.05) is 34.6 Å². The Morgan fingerprint density at radius 1 is 1.21 bits per heavy atom. The number of carbonyl (C=O) groups is 1. The number of nitrogens with zero attached hydrogens (tertiary/aromatic N) is 2. The van der Waals surface area contributed by atoms with Crippen molar-refractivity contribution >= 4 is 28.8 Å². The van der Waals surface area contributed by atoms with E-state index in [-0.39, 0.29) is 48.5 Å². The van der Waals surface area contributed by atoms with E-state index in [0.717, 1.165) is 20.6 Å². The van der Waals surface area contributed by atoms with Crippen molar-refractivity contribution in [2.45, 2.75) is 43.9 Å². The summed E-state index contributed by atoms with van der Waals surface area (Å²) in [5.74, 6) is -3.20. The predicted molar refractivity (Wildman–Crippen MR) is 122 cm³/mol. The second kappa shape index (κ2) is 8.83. The molecule has 4 rings (SSSR count). The zero-order valence-electron chi connectivity index (χ0n) is 17.7. The third kappa shape index (κ3) is 4.91. The highest BCUT2D eigenvalue weighted by Crippen LogP contribution is 2.47. The summed E-state index contributed by atoms with van der Waals surface area (Å²) in [6, 6.07) is 8.22. The molecule has 2 N–H and O–H groups in total. The molecule has 2 heterocycles. The number of hydrogen-bond acceptors (Lipinski definition) is 5. The fourth-order valence-electron chi connectivity index (χ4n) is 4.03. The molecular formula is C22H21ClF2N4O3S. The molecule has 0 saturated heterocycles. The second-order valence-electron chi connectivity index (χ2n) is 8.24. The molecule has 0 atom stereocenters. The van der Waals surface area contributed by atoms with E-state index in [1.54, 1.807) is 11.3 Å². The average molecular weight is 495 g/mol. The Morgan fingerprint density at radius 2 is 1.94 bits per heavy atom. The van der Waals surface area contributed by atoms with Gasteiger partial charge in [0.05, 0.1) is 16.3 Å². The minimum absolute atomic E-state index is 0.104. The monoisotopic (exact) mass is 494 g/mol. The van der Waals surface area contributed by atoms with Crippen LogP contribution in [0.5, 0.6) is 0 Å². The van der Waals surface area contributed by atoms with Gasteiger partial charge in [0.25, 0.3) is 11.5 Å². The molecule has 33 heavy (non-hydrogen) atoms.